The zero-order valence-electron chi connectivity index (χ0n) is 13.5. The molecule has 1 amide bonds. The number of alkyl halides is 2. The minimum absolute atomic E-state index is 0.00702. The van der Waals surface area contributed by atoms with E-state index in [1.54, 1.807) is 41.0 Å². The number of aryl methyl sites for hydroxylation is 1. The summed E-state index contributed by atoms with van der Waals surface area (Å²) >= 11 is 0. The van der Waals surface area contributed by atoms with E-state index in [0.29, 0.717) is 29.9 Å². The lowest BCUT2D eigenvalue weighted by Crippen LogP contribution is -2.40. The number of fused-ring (bicyclic) bond motifs is 2. The van der Waals surface area contributed by atoms with Crippen LogP contribution in [0.4, 0.5) is 20.3 Å². The van der Waals surface area contributed by atoms with Gasteiger partial charge < -0.3 is 0 Å². The van der Waals surface area contributed by atoms with E-state index in [0.717, 1.165) is 19.3 Å². The molecule has 1 aliphatic heterocycles. The first-order valence-corrected chi connectivity index (χ1v) is 8.30. The van der Waals surface area contributed by atoms with Gasteiger partial charge in [0.05, 0.1) is 17.3 Å². The molecule has 4 rings (SSSR count). The van der Waals surface area contributed by atoms with Crippen molar-refractivity contribution in [3.05, 3.63) is 41.6 Å². The summed E-state index contributed by atoms with van der Waals surface area (Å²) in [7, 11) is 1.76. The van der Waals surface area contributed by atoms with E-state index in [2.05, 4.69) is 5.10 Å². The first-order chi connectivity index (χ1) is 11.6. The van der Waals surface area contributed by atoms with E-state index < -0.39 is 11.8 Å². The molecule has 0 unspecified atom stereocenters. The van der Waals surface area contributed by atoms with E-state index in [-0.39, 0.29) is 11.5 Å². The van der Waals surface area contributed by atoms with Gasteiger partial charge in [-0.2, -0.15) is 5.10 Å². The molecule has 2 aliphatic rings. The van der Waals surface area contributed by atoms with Gasteiger partial charge in [0, 0.05) is 24.2 Å². The van der Waals surface area contributed by atoms with Crippen molar-refractivity contribution in [2.75, 3.05) is 4.90 Å². The second kappa shape index (κ2) is 5.40. The molecule has 0 radical (unpaired) electrons. The highest BCUT2D eigenvalue weighted by Crippen LogP contribution is 2.54. The molecule has 6 heteroatoms. The fourth-order valence-electron chi connectivity index (χ4n) is 4.31. The Morgan fingerprint density at radius 2 is 1.92 bits per heavy atom. The van der Waals surface area contributed by atoms with Crippen molar-refractivity contribution in [1.82, 2.24) is 9.78 Å². The third-order valence-corrected chi connectivity index (χ3v) is 5.37. The van der Waals surface area contributed by atoms with Crippen molar-refractivity contribution >= 4 is 17.4 Å². The van der Waals surface area contributed by atoms with Crippen molar-refractivity contribution in [2.45, 2.75) is 43.9 Å². The third-order valence-electron chi connectivity index (χ3n) is 5.37. The van der Waals surface area contributed by atoms with Crippen LogP contribution in [0.15, 0.2) is 30.5 Å². The van der Waals surface area contributed by atoms with Crippen LogP contribution in [0, 0.1) is 0 Å². The predicted molar refractivity (Wildman–Crippen MR) is 86.5 cm³/mol. The third kappa shape index (κ3) is 1.95. The standard InChI is InChI=1S/C18H19F2N3O/c1-22-14(8-11-21-22)23-13-7-5-6-12(16(19)20)15(13)18(17(23)24)9-3-2-4-10-18/h5-8,11,16H,2-4,9-10H2,1H3. The van der Waals surface area contributed by atoms with Crippen LogP contribution < -0.4 is 4.90 Å². The first-order valence-electron chi connectivity index (χ1n) is 8.30. The van der Waals surface area contributed by atoms with Gasteiger partial charge in [0.15, 0.2) is 0 Å². The SMILES string of the molecule is Cn1nccc1N1C(=O)C2(CCCCC2)c2c(C(F)F)cccc21. The number of benzene rings is 1. The van der Waals surface area contributed by atoms with Crippen LogP contribution in [0.2, 0.25) is 0 Å². The summed E-state index contributed by atoms with van der Waals surface area (Å²) in [6.45, 7) is 0. The molecule has 1 fully saturated rings. The number of carbonyl (C=O) groups is 1. The van der Waals surface area contributed by atoms with Crippen molar-refractivity contribution in [3.63, 3.8) is 0 Å². The highest BCUT2D eigenvalue weighted by molar-refractivity contribution is 6.13. The Morgan fingerprint density at radius 1 is 1.17 bits per heavy atom. The van der Waals surface area contributed by atoms with Gasteiger partial charge >= 0.3 is 0 Å². The number of aromatic nitrogens is 2. The van der Waals surface area contributed by atoms with E-state index in [4.69, 9.17) is 0 Å². The molecule has 4 nitrogen and oxygen atoms in total. The maximum Gasteiger partial charge on any atom is 0.264 e. The van der Waals surface area contributed by atoms with Crippen LogP contribution in [-0.2, 0) is 17.3 Å². The lowest BCUT2D eigenvalue weighted by atomic mass is 9.69. The number of rotatable bonds is 2. The van der Waals surface area contributed by atoms with Gasteiger partial charge in [-0.15, -0.1) is 0 Å². The number of hydrogen-bond donors (Lipinski definition) is 0. The summed E-state index contributed by atoms with van der Waals surface area (Å²) in [6, 6.07) is 6.59. The minimum atomic E-state index is -2.59. The molecule has 1 saturated carbocycles. The molecule has 0 atom stereocenters. The van der Waals surface area contributed by atoms with Crippen molar-refractivity contribution in [3.8, 4) is 0 Å². The van der Waals surface area contributed by atoms with Crippen molar-refractivity contribution < 1.29 is 13.6 Å². The van der Waals surface area contributed by atoms with Crippen molar-refractivity contribution in [1.29, 1.82) is 0 Å². The van der Waals surface area contributed by atoms with Crippen LogP contribution >= 0.6 is 0 Å². The highest BCUT2D eigenvalue weighted by Gasteiger charge is 2.53. The van der Waals surface area contributed by atoms with Gasteiger partial charge in [-0.25, -0.2) is 8.78 Å². The maximum atomic E-state index is 13.7. The summed E-state index contributed by atoms with van der Waals surface area (Å²) < 4.78 is 29.0. The summed E-state index contributed by atoms with van der Waals surface area (Å²) in [5, 5.41) is 4.13. The molecule has 126 valence electrons. The topological polar surface area (TPSA) is 38.1 Å². The largest absolute Gasteiger partial charge is 0.273 e. The van der Waals surface area contributed by atoms with Gasteiger partial charge in [-0.3, -0.25) is 14.4 Å². The van der Waals surface area contributed by atoms with E-state index in [1.807, 2.05) is 0 Å². The molecule has 0 N–H and O–H groups in total. The monoisotopic (exact) mass is 331 g/mol. The van der Waals surface area contributed by atoms with Crippen molar-refractivity contribution in [2.24, 2.45) is 7.05 Å². The van der Waals surface area contributed by atoms with Gasteiger partial charge in [0.25, 0.3) is 6.43 Å². The fourth-order valence-corrected chi connectivity index (χ4v) is 4.31. The summed E-state index contributed by atoms with van der Waals surface area (Å²) in [5.74, 6) is 0.531. The fraction of sp³-hybridized carbons (Fsp3) is 0.444. The highest BCUT2D eigenvalue weighted by atomic mass is 19.3. The molecule has 0 bridgehead atoms. The summed E-state index contributed by atoms with van der Waals surface area (Å²) in [4.78, 5) is 15.0. The van der Waals surface area contributed by atoms with Crippen LogP contribution in [0.5, 0.6) is 0 Å². The predicted octanol–water partition coefficient (Wildman–Crippen LogP) is 4.24. The van der Waals surface area contributed by atoms with Crippen LogP contribution in [0.1, 0.15) is 49.7 Å². The maximum absolute atomic E-state index is 13.7. The number of anilines is 2. The zero-order chi connectivity index (χ0) is 16.9. The quantitative estimate of drug-likeness (QED) is 0.825. The van der Waals surface area contributed by atoms with Crippen LogP contribution in [0.25, 0.3) is 0 Å². The minimum Gasteiger partial charge on any atom is -0.273 e. The van der Waals surface area contributed by atoms with Crippen LogP contribution in [0.3, 0.4) is 0 Å². The smallest absolute Gasteiger partial charge is 0.264 e. The number of carbonyl (C=O) groups excluding carboxylic acids is 1. The Hall–Kier alpha value is -2.24. The molecule has 24 heavy (non-hydrogen) atoms. The van der Waals surface area contributed by atoms with Gasteiger partial charge in [-0.05, 0) is 18.9 Å². The summed E-state index contributed by atoms with van der Waals surface area (Å²) in [5.41, 5.74) is 0.298. The first kappa shape index (κ1) is 15.3. The molecule has 1 aromatic heterocycles. The van der Waals surface area contributed by atoms with Crippen LogP contribution in [-0.4, -0.2) is 15.7 Å². The molecule has 1 aromatic carbocycles. The second-order valence-corrected chi connectivity index (χ2v) is 6.64. The molecule has 0 saturated heterocycles. The lowest BCUT2D eigenvalue weighted by molar-refractivity contribution is -0.123. The Morgan fingerprint density at radius 3 is 2.54 bits per heavy atom. The molecule has 2 heterocycles. The Labute approximate surface area is 139 Å². The van der Waals surface area contributed by atoms with E-state index >= 15 is 0 Å². The second-order valence-electron chi connectivity index (χ2n) is 6.64. The molecule has 2 aromatic rings. The average Bonchev–Trinajstić information content (AvgIpc) is 3.09. The normalized spacial score (nSPS) is 19.3. The van der Waals surface area contributed by atoms with Gasteiger partial charge in [0.2, 0.25) is 5.91 Å². The summed E-state index contributed by atoms with van der Waals surface area (Å²) in [6.07, 6.45) is 3.13. The Balaban J connectivity index is 1.98. The van der Waals surface area contributed by atoms with Gasteiger partial charge in [-0.1, -0.05) is 31.4 Å². The lowest BCUT2D eigenvalue weighted by Gasteiger charge is -2.33. The molecule has 1 aliphatic carbocycles. The van der Waals surface area contributed by atoms with Gasteiger partial charge in [0.1, 0.15) is 5.82 Å². The molecule has 1 spiro atoms. The Kier molecular flexibility index (Phi) is 3.44. The van der Waals surface area contributed by atoms with E-state index in [9.17, 15) is 13.6 Å². The number of amides is 1. The molecular weight excluding hydrogens is 312 g/mol. The number of nitrogens with zero attached hydrogens (tertiary/aromatic N) is 3. The Bertz CT molecular complexity index is 793. The van der Waals surface area contributed by atoms with E-state index in [1.165, 1.54) is 6.07 Å². The number of halogens is 2. The molecular formula is C18H19F2N3O. The number of hydrogen-bond acceptors (Lipinski definition) is 2. The average molecular weight is 331 g/mol. The zero-order valence-corrected chi connectivity index (χ0v) is 13.5.